The van der Waals surface area contributed by atoms with Crippen LogP contribution in [-0.4, -0.2) is 29.1 Å². The van der Waals surface area contributed by atoms with Gasteiger partial charge in [0.05, 0.1) is 6.20 Å². The zero-order chi connectivity index (χ0) is 23.5. The van der Waals surface area contributed by atoms with Crippen molar-refractivity contribution >= 4 is 23.8 Å². The molecule has 33 heavy (non-hydrogen) atoms. The second-order valence-electron chi connectivity index (χ2n) is 8.12. The van der Waals surface area contributed by atoms with Crippen LogP contribution in [-0.2, 0) is 4.79 Å². The zero-order valence-electron chi connectivity index (χ0n) is 17.7. The van der Waals surface area contributed by atoms with Crippen molar-refractivity contribution in [2.75, 3.05) is 5.32 Å². The lowest BCUT2D eigenvalue weighted by Gasteiger charge is -2.44. The number of quaternary nitrogens is 1. The van der Waals surface area contributed by atoms with E-state index in [1.165, 1.54) is 18.6 Å². The molecule has 1 N–H and O–H groups in total. The van der Waals surface area contributed by atoms with Gasteiger partial charge in [-0.25, -0.2) is 18.8 Å². The van der Waals surface area contributed by atoms with Crippen LogP contribution in [0.1, 0.15) is 38.5 Å². The molecule has 0 bridgehead atoms. The van der Waals surface area contributed by atoms with Crippen LogP contribution in [0.5, 0.6) is 5.75 Å². The van der Waals surface area contributed by atoms with E-state index in [4.69, 9.17) is 0 Å². The number of anilines is 1. The van der Waals surface area contributed by atoms with Crippen LogP contribution in [0.4, 0.5) is 29.1 Å². The average molecular weight is 463 g/mol. The Morgan fingerprint density at radius 3 is 2.42 bits per heavy atom. The molecule has 0 saturated heterocycles. The Balaban J connectivity index is 1.80. The summed E-state index contributed by atoms with van der Waals surface area (Å²) in [6.45, 7) is 0. The van der Waals surface area contributed by atoms with Gasteiger partial charge in [-0.05, 0) is 31.0 Å². The van der Waals surface area contributed by atoms with Crippen LogP contribution in [0.25, 0.3) is 0 Å². The van der Waals surface area contributed by atoms with E-state index in [2.05, 4.69) is 20.0 Å². The molecule has 1 atom stereocenters. The molecule has 2 aliphatic rings. The number of pyridine rings is 1. The molecule has 1 aliphatic carbocycles. The number of carbonyl (C=O) groups excluding carboxylic acids is 1. The summed E-state index contributed by atoms with van der Waals surface area (Å²) in [5.41, 5.74) is -1.15. The number of aliphatic imine (C=N–C) groups is 1. The fourth-order valence-electron chi connectivity index (χ4n) is 4.68. The molecule has 1 fully saturated rings. The number of hydrogen-bond donors (Lipinski definition) is 1. The molecule has 174 valence electrons. The van der Waals surface area contributed by atoms with E-state index in [0.29, 0.717) is 24.7 Å². The number of carbonyl (C=O) groups is 1. The molecule has 1 aliphatic heterocycles. The number of nitrogens with zero attached hydrogens (tertiary/aromatic N) is 3. The summed E-state index contributed by atoms with van der Waals surface area (Å²) in [6, 6.07) is 8.07. The topological polar surface area (TPSA) is 63.6 Å². The Morgan fingerprint density at radius 1 is 1.09 bits per heavy atom. The number of amides is 1. The minimum absolute atomic E-state index is 0.0140. The standard InChI is InChI=1S/C23H22F4N4O2/c24-18-15-17(33-23(25,26)27)8-9-19(18)31(14-13-28-16-31)22(10-4-1-2-5-11-22)21(32)30-20-7-3-6-12-29-20/h3,6-9,12-16H,1-2,4-5,10-11H2/p+1. The van der Waals surface area contributed by atoms with Gasteiger partial charge in [0.1, 0.15) is 17.8 Å². The maximum absolute atomic E-state index is 15.3. The van der Waals surface area contributed by atoms with Crippen molar-refractivity contribution in [2.24, 2.45) is 4.99 Å². The first-order valence-corrected chi connectivity index (χ1v) is 10.6. The molecule has 1 unspecified atom stereocenters. The third-order valence-electron chi connectivity index (χ3n) is 6.16. The van der Waals surface area contributed by atoms with Gasteiger partial charge < -0.3 is 10.1 Å². The highest BCUT2D eigenvalue weighted by atomic mass is 19.4. The minimum Gasteiger partial charge on any atom is -0.406 e. The normalized spacial score (nSPS) is 22.1. The molecule has 4 rings (SSSR count). The predicted molar refractivity (Wildman–Crippen MR) is 116 cm³/mol. The first-order chi connectivity index (χ1) is 15.8. The van der Waals surface area contributed by atoms with E-state index in [9.17, 15) is 18.0 Å². The molecule has 0 spiro atoms. The van der Waals surface area contributed by atoms with Crippen molar-refractivity contribution in [3.8, 4) is 5.75 Å². The first kappa shape index (κ1) is 22.9. The summed E-state index contributed by atoms with van der Waals surface area (Å²) in [4.78, 5) is 22.2. The lowest BCUT2D eigenvalue weighted by molar-refractivity contribution is -0.274. The highest BCUT2D eigenvalue weighted by molar-refractivity contribution is 6.03. The summed E-state index contributed by atoms with van der Waals surface area (Å²) in [5, 5.41) is 2.86. The second kappa shape index (κ2) is 8.93. The van der Waals surface area contributed by atoms with E-state index < -0.39 is 23.5 Å². The van der Waals surface area contributed by atoms with Gasteiger partial charge >= 0.3 is 6.36 Å². The SMILES string of the molecule is O=C(Nc1ccccn1)C1([N+]2(c3ccc(OC(F)(F)F)cc3F)C=CN=C2)CCCCCC1. The fraction of sp³-hybridized carbons (Fsp3) is 0.348. The van der Waals surface area contributed by atoms with Gasteiger partial charge in [-0.3, -0.25) is 4.79 Å². The Bertz CT molecular complexity index is 1050. The summed E-state index contributed by atoms with van der Waals surface area (Å²) < 4.78 is 56.7. The molecule has 0 radical (unpaired) electrons. The second-order valence-corrected chi connectivity index (χ2v) is 8.12. The van der Waals surface area contributed by atoms with Crippen LogP contribution in [0, 0.1) is 5.82 Å². The maximum Gasteiger partial charge on any atom is 0.573 e. The van der Waals surface area contributed by atoms with E-state index in [0.717, 1.165) is 31.7 Å². The third kappa shape index (κ3) is 4.47. The number of rotatable bonds is 5. The molecule has 1 saturated carbocycles. The van der Waals surface area contributed by atoms with Gasteiger partial charge in [-0.1, -0.05) is 18.9 Å². The highest BCUT2D eigenvalue weighted by Crippen LogP contribution is 2.45. The number of alkyl halides is 3. The van der Waals surface area contributed by atoms with Crippen LogP contribution < -0.4 is 14.5 Å². The Kier molecular flexibility index (Phi) is 6.20. The van der Waals surface area contributed by atoms with Gasteiger partial charge in [0.25, 0.3) is 5.91 Å². The van der Waals surface area contributed by atoms with E-state index in [1.807, 2.05) is 0 Å². The molecular weight excluding hydrogens is 440 g/mol. The minimum atomic E-state index is -4.94. The molecule has 1 aromatic heterocycles. The quantitative estimate of drug-likeness (QED) is 0.353. The van der Waals surface area contributed by atoms with Crippen molar-refractivity contribution in [2.45, 2.75) is 50.4 Å². The number of benzene rings is 1. The fourth-order valence-corrected chi connectivity index (χ4v) is 4.68. The number of aromatic nitrogens is 1. The summed E-state index contributed by atoms with van der Waals surface area (Å²) in [7, 11) is 0. The van der Waals surface area contributed by atoms with Crippen molar-refractivity contribution in [1.29, 1.82) is 0 Å². The predicted octanol–water partition coefficient (Wildman–Crippen LogP) is 5.67. The van der Waals surface area contributed by atoms with E-state index in [-0.39, 0.29) is 16.1 Å². The van der Waals surface area contributed by atoms with Gasteiger partial charge in [-0.2, -0.15) is 0 Å². The van der Waals surface area contributed by atoms with Crippen molar-refractivity contribution in [3.05, 3.63) is 60.8 Å². The van der Waals surface area contributed by atoms with Gasteiger partial charge in [0.2, 0.25) is 6.34 Å². The zero-order valence-corrected chi connectivity index (χ0v) is 17.7. The molecular formula is C23H23F4N4O2+. The number of halogens is 4. The lowest BCUT2D eigenvalue weighted by Crippen LogP contribution is -2.67. The van der Waals surface area contributed by atoms with Crippen molar-refractivity contribution < 1.29 is 27.1 Å². The van der Waals surface area contributed by atoms with Crippen LogP contribution >= 0.6 is 0 Å². The molecule has 6 nitrogen and oxygen atoms in total. The van der Waals surface area contributed by atoms with E-state index >= 15 is 4.39 Å². The van der Waals surface area contributed by atoms with Crippen LogP contribution in [0.3, 0.4) is 0 Å². The summed E-state index contributed by atoms with van der Waals surface area (Å²) in [6.07, 6.45) is 5.31. The molecule has 1 aromatic carbocycles. The Labute approximate surface area is 188 Å². The summed E-state index contributed by atoms with van der Waals surface area (Å²) >= 11 is 0. The van der Waals surface area contributed by atoms with Crippen LogP contribution in [0.15, 0.2) is 60.0 Å². The number of ether oxygens (including phenoxy) is 1. The van der Waals surface area contributed by atoms with Crippen molar-refractivity contribution in [1.82, 2.24) is 9.47 Å². The number of hydrogen-bond acceptors (Lipinski definition) is 4. The van der Waals surface area contributed by atoms with Gasteiger partial charge in [0.15, 0.2) is 17.0 Å². The molecule has 1 amide bonds. The third-order valence-corrected chi connectivity index (χ3v) is 6.16. The van der Waals surface area contributed by atoms with Crippen molar-refractivity contribution in [3.63, 3.8) is 0 Å². The molecule has 10 heteroatoms. The molecule has 2 aromatic rings. The van der Waals surface area contributed by atoms with E-state index in [1.54, 1.807) is 30.6 Å². The van der Waals surface area contributed by atoms with Gasteiger partial charge in [-0.15, -0.1) is 13.2 Å². The Morgan fingerprint density at radius 2 is 1.85 bits per heavy atom. The lowest BCUT2D eigenvalue weighted by atomic mass is 9.84. The summed E-state index contributed by atoms with van der Waals surface area (Å²) in [5.74, 6) is -1.59. The average Bonchev–Trinajstić information content (AvgIpc) is 3.12. The van der Waals surface area contributed by atoms with Gasteiger partial charge in [0, 0.05) is 31.2 Å². The smallest absolute Gasteiger partial charge is 0.406 e. The Hall–Kier alpha value is -3.27. The highest BCUT2D eigenvalue weighted by Gasteiger charge is 2.58. The molecule has 2 heterocycles. The maximum atomic E-state index is 15.3. The first-order valence-electron chi connectivity index (χ1n) is 10.6. The number of nitrogens with one attached hydrogen (secondary N) is 1. The monoisotopic (exact) mass is 463 g/mol. The largest absolute Gasteiger partial charge is 0.573 e. The van der Waals surface area contributed by atoms with Crippen LogP contribution in [0.2, 0.25) is 0 Å².